The topological polar surface area (TPSA) is 32.9 Å². The van der Waals surface area contributed by atoms with E-state index in [0.717, 1.165) is 29.5 Å². The highest BCUT2D eigenvalue weighted by atomic mass is 16.1. The molecular weight excluding hydrogens is 246 g/mol. The minimum Gasteiger partial charge on any atom is -0.361 e. The Bertz CT molecular complexity index is 800. The highest BCUT2D eigenvalue weighted by Crippen LogP contribution is 2.33. The Hall–Kier alpha value is -2.35. The second-order valence-electron chi connectivity index (χ2n) is 5.44. The summed E-state index contributed by atoms with van der Waals surface area (Å²) in [4.78, 5) is 15.9. The van der Waals surface area contributed by atoms with Gasteiger partial charge < -0.3 is 4.98 Å². The Kier molecular flexibility index (Phi) is 2.49. The monoisotopic (exact) mass is 261 g/mol. The van der Waals surface area contributed by atoms with Crippen molar-refractivity contribution < 1.29 is 4.79 Å². The van der Waals surface area contributed by atoms with Crippen LogP contribution in [0.4, 0.5) is 0 Å². The van der Waals surface area contributed by atoms with Crippen LogP contribution in [0.5, 0.6) is 0 Å². The summed E-state index contributed by atoms with van der Waals surface area (Å²) < 4.78 is 0. The third-order valence-electron chi connectivity index (χ3n) is 4.28. The molecule has 1 aliphatic rings. The van der Waals surface area contributed by atoms with Crippen LogP contribution in [0.25, 0.3) is 10.9 Å². The van der Waals surface area contributed by atoms with Gasteiger partial charge in [0, 0.05) is 23.2 Å². The molecule has 0 fully saturated rings. The van der Waals surface area contributed by atoms with Gasteiger partial charge in [0.1, 0.15) is 0 Å². The molecule has 20 heavy (non-hydrogen) atoms. The van der Waals surface area contributed by atoms with Gasteiger partial charge in [0.05, 0.1) is 0 Å². The number of nitrogens with one attached hydrogen (secondary N) is 1. The molecule has 1 aliphatic carbocycles. The predicted molar refractivity (Wildman–Crippen MR) is 80.1 cm³/mol. The van der Waals surface area contributed by atoms with Crippen molar-refractivity contribution in [2.24, 2.45) is 0 Å². The molecule has 0 saturated carbocycles. The van der Waals surface area contributed by atoms with Gasteiger partial charge in [-0.2, -0.15) is 0 Å². The normalized spacial score (nSPS) is 18.2. The van der Waals surface area contributed by atoms with Crippen LogP contribution in [0.1, 0.15) is 33.8 Å². The van der Waals surface area contributed by atoms with E-state index in [2.05, 4.69) is 35.3 Å². The fraction of sp³-hybridized carbons (Fsp3) is 0.167. The molecule has 3 aromatic rings. The summed E-state index contributed by atoms with van der Waals surface area (Å²) in [7, 11) is 0. The fourth-order valence-electron chi connectivity index (χ4n) is 3.20. The molecule has 2 heteroatoms. The predicted octanol–water partition coefficient (Wildman–Crippen LogP) is 4.08. The number of benzene rings is 2. The summed E-state index contributed by atoms with van der Waals surface area (Å²) in [5.41, 5.74) is 4.35. The number of fused-ring (bicyclic) bond motifs is 2. The lowest BCUT2D eigenvalue weighted by Crippen LogP contribution is -2.20. The molecule has 1 aromatic heterocycles. The Morgan fingerprint density at radius 1 is 1.05 bits per heavy atom. The zero-order valence-corrected chi connectivity index (χ0v) is 11.1. The Labute approximate surface area is 117 Å². The van der Waals surface area contributed by atoms with E-state index in [4.69, 9.17) is 0 Å². The van der Waals surface area contributed by atoms with Crippen LogP contribution in [0.2, 0.25) is 0 Å². The third-order valence-corrected chi connectivity index (χ3v) is 4.28. The maximum absolute atomic E-state index is 12.7. The fourth-order valence-corrected chi connectivity index (χ4v) is 3.20. The number of aromatic nitrogens is 1. The van der Waals surface area contributed by atoms with Crippen LogP contribution in [-0.4, -0.2) is 10.8 Å². The molecule has 0 spiro atoms. The van der Waals surface area contributed by atoms with Crippen molar-refractivity contribution >= 4 is 16.7 Å². The first kappa shape index (κ1) is 11.5. The first-order valence-electron chi connectivity index (χ1n) is 7.02. The van der Waals surface area contributed by atoms with Gasteiger partial charge in [-0.05, 0) is 47.6 Å². The second-order valence-corrected chi connectivity index (χ2v) is 5.44. The van der Waals surface area contributed by atoms with Crippen molar-refractivity contribution in [1.82, 2.24) is 4.98 Å². The van der Waals surface area contributed by atoms with Crippen LogP contribution in [0.15, 0.2) is 54.7 Å². The number of carbonyl (C=O) groups is 1. The van der Waals surface area contributed by atoms with Crippen molar-refractivity contribution in [2.45, 2.75) is 18.8 Å². The van der Waals surface area contributed by atoms with Gasteiger partial charge in [0.15, 0.2) is 5.78 Å². The molecule has 0 bridgehead atoms. The van der Waals surface area contributed by atoms with Crippen LogP contribution < -0.4 is 0 Å². The van der Waals surface area contributed by atoms with E-state index >= 15 is 0 Å². The van der Waals surface area contributed by atoms with E-state index in [0.29, 0.717) is 0 Å². The van der Waals surface area contributed by atoms with Gasteiger partial charge in [0.2, 0.25) is 0 Å². The van der Waals surface area contributed by atoms with Crippen LogP contribution in [0, 0.1) is 0 Å². The van der Waals surface area contributed by atoms with Gasteiger partial charge in [-0.3, -0.25) is 4.79 Å². The molecule has 98 valence electrons. The van der Waals surface area contributed by atoms with E-state index in [1.54, 1.807) is 0 Å². The molecule has 4 rings (SSSR count). The quantitative estimate of drug-likeness (QED) is 0.703. The van der Waals surface area contributed by atoms with Gasteiger partial charge in [-0.25, -0.2) is 0 Å². The molecule has 1 atom stereocenters. The molecule has 1 N–H and O–H groups in total. The van der Waals surface area contributed by atoms with Gasteiger partial charge in [0.25, 0.3) is 0 Å². The van der Waals surface area contributed by atoms with E-state index < -0.39 is 0 Å². The SMILES string of the molecule is O=C1c2ccccc2CC[C@H]1c1ccc2[nH]ccc2c1. The van der Waals surface area contributed by atoms with Crippen molar-refractivity contribution in [3.63, 3.8) is 0 Å². The number of rotatable bonds is 1. The van der Waals surface area contributed by atoms with E-state index in [1.807, 2.05) is 24.4 Å². The number of Topliss-reactive ketones (excluding diaryl/α,β-unsaturated/α-hetero) is 1. The van der Waals surface area contributed by atoms with Gasteiger partial charge >= 0.3 is 0 Å². The number of hydrogen-bond acceptors (Lipinski definition) is 1. The highest BCUT2D eigenvalue weighted by molar-refractivity contribution is 6.03. The summed E-state index contributed by atoms with van der Waals surface area (Å²) in [6.07, 6.45) is 3.83. The molecule has 2 aromatic carbocycles. The number of hydrogen-bond donors (Lipinski definition) is 1. The van der Waals surface area contributed by atoms with Crippen LogP contribution in [0.3, 0.4) is 0 Å². The van der Waals surface area contributed by atoms with Crippen molar-refractivity contribution in [3.05, 3.63) is 71.4 Å². The molecule has 0 radical (unpaired) electrons. The minimum atomic E-state index is 0.00389. The summed E-state index contributed by atoms with van der Waals surface area (Å²) in [6, 6.07) is 16.3. The summed E-state index contributed by atoms with van der Waals surface area (Å²) in [5.74, 6) is 0.269. The summed E-state index contributed by atoms with van der Waals surface area (Å²) >= 11 is 0. The number of aryl methyl sites for hydroxylation is 1. The average Bonchev–Trinajstić information content (AvgIpc) is 2.95. The Balaban J connectivity index is 1.78. The Morgan fingerprint density at radius 3 is 2.90 bits per heavy atom. The smallest absolute Gasteiger partial charge is 0.170 e. The molecule has 0 amide bonds. The highest BCUT2D eigenvalue weighted by Gasteiger charge is 2.28. The largest absolute Gasteiger partial charge is 0.361 e. The summed E-state index contributed by atoms with van der Waals surface area (Å²) in [6.45, 7) is 0. The molecule has 0 saturated heterocycles. The van der Waals surface area contributed by atoms with E-state index in [1.165, 1.54) is 10.9 Å². The molecular formula is C18H15NO. The first-order valence-corrected chi connectivity index (χ1v) is 7.02. The zero-order chi connectivity index (χ0) is 13.5. The van der Waals surface area contributed by atoms with Crippen molar-refractivity contribution in [1.29, 1.82) is 0 Å². The molecule has 2 nitrogen and oxygen atoms in total. The maximum atomic E-state index is 12.7. The number of carbonyl (C=O) groups excluding carboxylic acids is 1. The van der Waals surface area contributed by atoms with Crippen LogP contribution >= 0.6 is 0 Å². The lowest BCUT2D eigenvalue weighted by Gasteiger charge is -2.23. The Morgan fingerprint density at radius 2 is 1.95 bits per heavy atom. The van der Waals surface area contributed by atoms with Gasteiger partial charge in [-0.15, -0.1) is 0 Å². The van der Waals surface area contributed by atoms with Gasteiger partial charge in [-0.1, -0.05) is 30.3 Å². The average molecular weight is 261 g/mol. The van der Waals surface area contributed by atoms with E-state index in [-0.39, 0.29) is 11.7 Å². The van der Waals surface area contributed by atoms with Crippen molar-refractivity contribution in [2.75, 3.05) is 0 Å². The molecule has 1 heterocycles. The van der Waals surface area contributed by atoms with Crippen LogP contribution in [-0.2, 0) is 6.42 Å². The summed E-state index contributed by atoms with van der Waals surface area (Å²) in [5, 5.41) is 1.18. The first-order chi connectivity index (χ1) is 9.83. The number of aromatic amines is 1. The van der Waals surface area contributed by atoms with Crippen molar-refractivity contribution in [3.8, 4) is 0 Å². The zero-order valence-electron chi connectivity index (χ0n) is 11.1. The van der Waals surface area contributed by atoms with E-state index in [9.17, 15) is 4.79 Å². The standard InChI is InChI=1S/C18H15NO/c20-18-15-4-2-1-3-12(15)5-7-16(18)13-6-8-17-14(11-13)9-10-19-17/h1-4,6,8-11,16,19H,5,7H2/t16-/m0/s1. The minimum absolute atomic E-state index is 0.00389. The number of H-pyrrole nitrogens is 1. The molecule has 0 unspecified atom stereocenters. The second kappa shape index (κ2) is 4.34. The lowest BCUT2D eigenvalue weighted by atomic mass is 9.79. The number of ketones is 1. The third kappa shape index (κ3) is 1.68. The molecule has 0 aliphatic heterocycles. The lowest BCUT2D eigenvalue weighted by molar-refractivity contribution is 0.0946. The maximum Gasteiger partial charge on any atom is 0.170 e.